The van der Waals surface area contributed by atoms with Crippen LogP contribution in [0.3, 0.4) is 0 Å². The van der Waals surface area contributed by atoms with Crippen LogP contribution >= 0.6 is 0 Å². The zero-order valence-corrected chi connectivity index (χ0v) is 14.0. The highest BCUT2D eigenvalue weighted by Crippen LogP contribution is 2.48. The molecule has 1 aromatic heterocycles. The Morgan fingerprint density at radius 2 is 2.04 bits per heavy atom. The highest BCUT2D eigenvalue weighted by molar-refractivity contribution is 5.94. The summed E-state index contributed by atoms with van der Waals surface area (Å²) < 4.78 is 0. The van der Waals surface area contributed by atoms with Crippen molar-refractivity contribution in [1.82, 2.24) is 10.3 Å². The van der Waals surface area contributed by atoms with Crippen LogP contribution in [0.1, 0.15) is 43.5 Å². The van der Waals surface area contributed by atoms with Crippen molar-refractivity contribution in [2.45, 2.75) is 39.2 Å². The molecule has 0 spiro atoms. The van der Waals surface area contributed by atoms with Crippen LogP contribution in [0.2, 0.25) is 0 Å². The monoisotopic (exact) mass is 317 g/mol. The van der Waals surface area contributed by atoms with E-state index in [-0.39, 0.29) is 24.5 Å². The zero-order chi connectivity index (χ0) is 16.4. The Morgan fingerprint density at radius 1 is 1.30 bits per heavy atom. The van der Waals surface area contributed by atoms with Gasteiger partial charge >= 0.3 is 0 Å². The molecular weight excluding hydrogens is 290 g/mol. The molecule has 2 fully saturated rings. The summed E-state index contributed by atoms with van der Waals surface area (Å²) in [5.41, 5.74) is 0.598. The van der Waals surface area contributed by atoms with E-state index in [1.807, 2.05) is 12.1 Å². The minimum Gasteiger partial charge on any atom is -0.396 e. The second-order valence-electron chi connectivity index (χ2n) is 6.76. The van der Waals surface area contributed by atoms with Crippen molar-refractivity contribution in [2.24, 2.45) is 17.8 Å². The Hall–Kier alpha value is -1.62. The van der Waals surface area contributed by atoms with E-state index in [9.17, 15) is 9.90 Å². The summed E-state index contributed by atoms with van der Waals surface area (Å²) in [6.45, 7) is 6.16. The van der Waals surface area contributed by atoms with Gasteiger partial charge in [-0.15, -0.1) is 0 Å². The molecule has 1 heterocycles. The van der Waals surface area contributed by atoms with Crippen LogP contribution in [0, 0.1) is 17.8 Å². The van der Waals surface area contributed by atoms with Gasteiger partial charge in [0.15, 0.2) is 0 Å². The van der Waals surface area contributed by atoms with E-state index in [1.54, 1.807) is 6.20 Å². The van der Waals surface area contributed by atoms with Crippen LogP contribution in [0.4, 0.5) is 5.82 Å². The van der Waals surface area contributed by atoms with Gasteiger partial charge in [0, 0.05) is 37.9 Å². The number of nitrogens with one attached hydrogen (secondary N) is 1. The third kappa shape index (κ3) is 3.07. The lowest BCUT2D eigenvalue weighted by atomic mass is 9.85. The quantitative estimate of drug-likeness (QED) is 0.843. The number of aliphatic hydroxyl groups is 1. The van der Waals surface area contributed by atoms with Gasteiger partial charge in [-0.25, -0.2) is 4.98 Å². The molecule has 1 amide bonds. The van der Waals surface area contributed by atoms with Crippen molar-refractivity contribution >= 4 is 11.7 Å². The average Bonchev–Trinajstić information content (AvgIpc) is 3.18. The Bertz CT molecular complexity index is 542. The van der Waals surface area contributed by atoms with Crippen LogP contribution < -0.4 is 10.2 Å². The summed E-state index contributed by atoms with van der Waals surface area (Å²) in [6, 6.07) is 3.87. The molecule has 0 saturated heterocycles. The van der Waals surface area contributed by atoms with Crippen LogP contribution in [-0.2, 0) is 0 Å². The summed E-state index contributed by atoms with van der Waals surface area (Å²) in [7, 11) is 0. The number of nitrogens with zero attached hydrogens (tertiary/aromatic N) is 2. The molecule has 2 aliphatic rings. The highest BCUT2D eigenvalue weighted by atomic mass is 16.3. The Labute approximate surface area is 138 Å². The number of carbonyl (C=O) groups excluding carboxylic acids is 1. The molecule has 2 N–H and O–H groups in total. The first-order chi connectivity index (χ1) is 11.2. The molecule has 0 aromatic carbocycles. The topological polar surface area (TPSA) is 65.5 Å². The van der Waals surface area contributed by atoms with Crippen LogP contribution in [0.15, 0.2) is 18.3 Å². The lowest BCUT2D eigenvalue weighted by Gasteiger charge is -2.30. The van der Waals surface area contributed by atoms with Gasteiger partial charge in [-0.1, -0.05) is 0 Å². The number of aromatic nitrogens is 1. The Kier molecular flexibility index (Phi) is 4.85. The van der Waals surface area contributed by atoms with Crippen molar-refractivity contribution in [3.63, 3.8) is 0 Å². The summed E-state index contributed by atoms with van der Waals surface area (Å²) in [5, 5.41) is 12.8. The first-order valence-corrected chi connectivity index (χ1v) is 8.80. The number of fused-ring (bicyclic) bond motifs is 2. The Balaban J connectivity index is 1.66. The largest absolute Gasteiger partial charge is 0.396 e. The van der Waals surface area contributed by atoms with Gasteiger partial charge in [-0.2, -0.15) is 0 Å². The predicted molar refractivity (Wildman–Crippen MR) is 90.5 cm³/mol. The van der Waals surface area contributed by atoms with E-state index in [0.717, 1.165) is 25.3 Å². The lowest BCUT2D eigenvalue weighted by Crippen LogP contribution is -2.45. The van der Waals surface area contributed by atoms with Crippen LogP contribution in [0.25, 0.3) is 0 Å². The molecule has 2 saturated carbocycles. The molecular formula is C18H27N3O2. The number of hydrogen-bond acceptors (Lipinski definition) is 4. The molecule has 3 rings (SSSR count). The Morgan fingerprint density at radius 3 is 2.65 bits per heavy atom. The average molecular weight is 317 g/mol. The summed E-state index contributed by atoms with van der Waals surface area (Å²) >= 11 is 0. The van der Waals surface area contributed by atoms with Crippen molar-refractivity contribution in [3.05, 3.63) is 23.9 Å². The lowest BCUT2D eigenvalue weighted by molar-refractivity contribution is 0.0861. The minimum absolute atomic E-state index is 0.0698. The zero-order valence-electron chi connectivity index (χ0n) is 14.0. The number of amides is 1. The fraction of sp³-hybridized carbons (Fsp3) is 0.667. The number of rotatable bonds is 6. The molecule has 0 aliphatic heterocycles. The van der Waals surface area contributed by atoms with Gasteiger partial charge in [0.1, 0.15) is 5.82 Å². The maximum atomic E-state index is 12.5. The maximum Gasteiger partial charge on any atom is 0.253 e. The molecule has 4 unspecified atom stereocenters. The van der Waals surface area contributed by atoms with Gasteiger partial charge in [0.05, 0.1) is 5.56 Å². The molecule has 2 aliphatic carbocycles. The standard InChI is InChI=1S/C18H27N3O2/c1-3-21(4-2)16-8-7-14(10-19-16)18(23)20-17-13-6-5-12(9-13)15(17)11-22/h7-8,10,12-13,15,17,22H,3-6,9,11H2,1-2H3,(H,20,23). The molecule has 5 heteroatoms. The third-order valence-electron chi connectivity index (χ3n) is 5.69. The van der Waals surface area contributed by atoms with Crippen molar-refractivity contribution in [1.29, 1.82) is 0 Å². The molecule has 23 heavy (non-hydrogen) atoms. The maximum absolute atomic E-state index is 12.5. The third-order valence-corrected chi connectivity index (χ3v) is 5.69. The van der Waals surface area contributed by atoms with Gasteiger partial charge in [-0.3, -0.25) is 4.79 Å². The van der Waals surface area contributed by atoms with Gasteiger partial charge in [0.2, 0.25) is 0 Å². The summed E-state index contributed by atoms with van der Waals surface area (Å²) in [4.78, 5) is 19.1. The van der Waals surface area contributed by atoms with E-state index in [1.165, 1.54) is 12.8 Å². The van der Waals surface area contributed by atoms with E-state index in [0.29, 0.717) is 17.4 Å². The highest BCUT2D eigenvalue weighted by Gasteiger charge is 2.47. The molecule has 126 valence electrons. The number of anilines is 1. The van der Waals surface area contributed by atoms with Gasteiger partial charge in [-0.05, 0) is 57.1 Å². The van der Waals surface area contributed by atoms with Crippen molar-refractivity contribution in [3.8, 4) is 0 Å². The van der Waals surface area contributed by atoms with Crippen molar-refractivity contribution in [2.75, 3.05) is 24.6 Å². The number of pyridine rings is 1. The molecule has 5 nitrogen and oxygen atoms in total. The van der Waals surface area contributed by atoms with Gasteiger partial charge in [0.25, 0.3) is 5.91 Å². The molecule has 0 radical (unpaired) electrons. The van der Waals surface area contributed by atoms with E-state index in [2.05, 4.69) is 29.0 Å². The van der Waals surface area contributed by atoms with E-state index >= 15 is 0 Å². The normalized spacial score (nSPS) is 28.8. The smallest absolute Gasteiger partial charge is 0.253 e. The van der Waals surface area contributed by atoms with Crippen molar-refractivity contribution < 1.29 is 9.90 Å². The van der Waals surface area contributed by atoms with Crippen LogP contribution in [-0.4, -0.2) is 41.7 Å². The predicted octanol–water partition coefficient (Wildman–Crippen LogP) is 2.06. The summed E-state index contributed by atoms with van der Waals surface area (Å²) in [5.74, 6) is 2.17. The van der Waals surface area contributed by atoms with Crippen LogP contribution in [0.5, 0.6) is 0 Å². The molecule has 4 atom stereocenters. The number of carbonyl (C=O) groups is 1. The summed E-state index contributed by atoms with van der Waals surface area (Å²) in [6.07, 6.45) is 5.17. The molecule has 1 aromatic rings. The van der Waals surface area contributed by atoms with Gasteiger partial charge < -0.3 is 15.3 Å². The fourth-order valence-electron chi connectivity index (χ4n) is 4.39. The second kappa shape index (κ2) is 6.87. The second-order valence-corrected chi connectivity index (χ2v) is 6.76. The number of hydrogen-bond donors (Lipinski definition) is 2. The minimum atomic E-state index is -0.0698. The fourth-order valence-corrected chi connectivity index (χ4v) is 4.39. The number of aliphatic hydroxyl groups excluding tert-OH is 1. The van der Waals surface area contributed by atoms with E-state index in [4.69, 9.17) is 0 Å². The van der Waals surface area contributed by atoms with E-state index < -0.39 is 0 Å². The SMILES string of the molecule is CCN(CC)c1ccc(C(=O)NC2C3CCC(C3)C2CO)cn1. The first-order valence-electron chi connectivity index (χ1n) is 8.80. The molecule has 2 bridgehead atoms. The first kappa shape index (κ1) is 16.2.